The molecule has 3 heterocycles. The fourth-order valence-corrected chi connectivity index (χ4v) is 3.47. The number of pyridine rings is 2. The van der Waals surface area contributed by atoms with Gasteiger partial charge in [-0.2, -0.15) is 5.10 Å². The highest BCUT2D eigenvalue weighted by atomic mass is 35.5. The van der Waals surface area contributed by atoms with Gasteiger partial charge in [0, 0.05) is 11.6 Å². The molecular formula is C21H16Cl2N9O-. The van der Waals surface area contributed by atoms with Crippen molar-refractivity contribution in [3.05, 3.63) is 70.5 Å². The molecule has 10 nitrogen and oxygen atoms in total. The number of hydrogen-bond acceptors (Lipinski definition) is 8. The molecule has 166 valence electrons. The number of benzene rings is 1. The second kappa shape index (κ2) is 9.23. The predicted molar refractivity (Wildman–Crippen MR) is 127 cm³/mol. The van der Waals surface area contributed by atoms with Gasteiger partial charge in [0.15, 0.2) is 17.3 Å². The molecule has 0 fully saturated rings. The van der Waals surface area contributed by atoms with Crippen LogP contribution in [-0.4, -0.2) is 37.0 Å². The Hall–Kier alpha value is -4.02. The first kappa shape index (κ1) is 22.2. The van der Waals surface area contributed by atoms with Crippen molar-refractivity contribution in [2.24, 2.45) is 15.8 Å². The third kappa shape index (κ3) is 4.61. The van der Waals surface area contributed by atoms with E-state index < -0.39 is 11.6 Å². The number of hydrogen-bond donors (Lipinski definition) is 3. The number of aromatic nitrogens is 4. The zero-order valence-corrected chi connectivity index (χ0v) is 18.6. The molecule has 3 aromatic heterocycles. The number of anilines is 1. The lowest BCUT2D eigenvalue weighted by atomic mass is 10.3. The molecule has 0 aliphatic rings. The van der Waals surface area contributed by atoms with Crippen LogP contribution < -0.4 is 16.3 Å². The number of halogens is 2. The number of rotatable bonds is 6. The summed E-state index contributed by atoms with van der Waals surface area (Å²) in [6, 6.07) is 13.9. The average molecular weight is 481 g/mol. The van der Waals surface area contributed by atoms with Crippen LogP contribution in [0.1, 0.15) is 5.69 Å². The number of nitrogens with two attached hydrogens (primary N) is 1. The lowest BCUT2D eigenvalue weighted by Crippen LogP contribution is -2.38. The highest BCUT2D eigenvalue weighted by molar-refractivity contribution is 6.65. The third-order valence-electron chi connectivity index (χ3n) is 4.55. The van der Waals surface area contributed by atoms with E-state index in [9.17, 15) is 5.11 Å². The van der Waals surface area contributed by atoms with E-state index in [-0.39, 0.29) is 21.6 Å². The fourth-order valence-electron chi connectivity index (χ4n) is 2.98. The summed E-state index contributed by atoms with van der Waals surface area (Å²) >= 11 is 12.2. The van der Waals surface area contributed by atoms with Gasteiger partial charge in [0.1, 0.15) is 11.4 Å². The summed E-state index contributed by atoms with van der Waals surface area (Å²) in [5.74, 6) is -0.832. The van der Waals surface area contributed by atoms with Gasteiger partial charge in [-0.25, -0.2) is 4.99 Å². The van der Waals surface area contributed by atoms with Gasteiger partial charge in [0.2, 0.25) is 0 Å². The zero-order chi connectivity index (χ0) is 23.5. The monoisotopic (exact) mass is 480 g/mol. The molecule has 1 aromatic carbocycles. The number of fused-ring (bicyclic) bond motifs is 1. The molecule has 4 aromatic rings. The van der Waals surface area contributed by atoms with Crippen molar-refractivity contribution in [2.45, 2.75) is 6.92 Å². The van der Waals surface area contributed by atoms with Gasteiger partial charge in [-0.05, 0) is 43.3 Å². The minimum Gasteiger partial charge on any atom is -0.857 e. The van der Waals surface area contributed by atoms with Crippen LogP contribution >= 0.6 is 23.2 Å². The second-order valence-electron chi connectivity index (χ2n) is 6.78. The largest absolute Gasteiger partial charge is 0.857 e. The number of aliphatic imine (C=N–C) groups is 1. The van der Waals surface area contributed by atoms with E-state index in [4.69, 9.17) is 34.3 Å². The van der Waals surface area contributed by atoms with Crippen molar-refractivity contribution in [3.63, 3.8) is 0 Å². The Kier molecular flexibility index (Phi) is 6.20. The van der Waals surface area contributed by atoms with E-state index in [1.807, 2.05) is 29.5 Å². The SMILES string of the molecule is Cc1cccc2nnc(-c3ccc(N=C(N)/C(=N\Nc4c(Cl)cccc4Cl)C(=N)[O-])cn3)n12. The van der Waals surface area contributed by atoms with Crippen molar-refractivity contribution in [2.75, 3.05) is 5.43 Å². The van der Waals surface area contributed by atoms with Gasteiger partial charge in [0.05, 0.1) is 27.6 Å². The van der Waals surface area contributed by atoms with Crippen molar-refractivity contribution in [1.82, 2.24) is 19.6 Å². The molecule has 0 bridgehead atoms. The highest BCUT2D eigenvalue weighted by Gasteiger charge is 2.12. The summed E-state index contributed by atoms with van der Waals surface area (Å²) in [7, 11) is 0. The molecule has 0 amide bonds. The first-order valence-corrected chi connectivity index (χ1v) is 10.3. The number of para-hydroxylation sites is 1. The predicted octanol–water partition coefficient (Wildman–Crippen LogP) is 3.20. The molecule has 0 saturated carbocycles. The highest BCUT2D eigenvalue weighted by Crippen LogP contribution is 2.29. The van der Waals surface area contributed by atoms with E-state index in [0.717, 1.165) is 5.69 Å². The molecule has 4 rings (SSSR count). The standard InChI is InChI=1S/C21H17Cl2N9O/c1-11-4-2-7-16-28-31-21(32(11)16)15-9-8-12(10-26-15)27-19(24)18(20(25)33)30-29-17-13(22)5-3-6-14(17)23/h2-10,29H,1H3,(H2,24,27)(H2,25,33)/p-1/b30-18+. The van der Waals surface area contributed by atoms with E-state index in [0.29, 0.717) is 22.9 Å². The Morgan fingerprint density at radius 2 is 1.82 bits per heavy atom. The van der Waals surface area contributed by atoms with Crippen molar-refractivity contribution >= 4 is 57.7 Å². The minimum absolute atomic E-state index is 0.272. The van der Waals surface area contributed by atoms with Crippen LogP contribution in [-0.2, 0) is 0 Å². The van der Waals surface area contributed by atoms with Crippen molar-refractivity contribution < 1.29 is 5.11 Å². The number of aryl methyl sites for hydroxylation is 1. The smallest absolute Gasteiger partial charge is 0.187 e. The number of nitrogens with zero attached hydrogens (tertiary/aromatic N) is 6. The van der Waals surface area contributed by atoms with Crippen molar-refractivity contribution in [3.8, 4) is 11.5 Å². The van der Waals surface area contributed by atoms with Gasteiger partial charge in [-0.3, -0.25) is 14.8 Å². The molecule has 0 unspecified atom stereocenters. The molecule has 0 saturated heterocycles. The molecule has 33 heavy (non-hydrogen) atoms. The summed E-state index contributed by atoms with van der Waals surface area (Å²) in [4.78, 5) is 8.53. The van der Waals surface area contributed by atoms with Gasteiger partial charge < -0.3 is 16.2 Å². The van der Waals surface area contributed by atoms with Crippen molar-refractivity contribution in [1.29, 1.82) is 5.41 Å². The van der Waals surface area contributed by atoms with Crippen LogP contribution in [0.3, 0.4) is 0 Å². The Labute approximate surface area is 197 Å². The molecule has 0 aliphatic carbocycles. The molecule has 0 spiro atoms. The molecular weight excluding hydrogens is 465 g/mol. The molecule has 4 N–H and O–H groups in total. The van der Waals surface area contributed by atoms with Crippen LogP contribution in [0.4, 0.5) is 11.4 Å². The fraction of sp³-hybridized carbons (Fsp3) is 0.0476. The van der Waals surface area contributed by atoms with E-state index in [1.54, 1.807) is 30.3 Å². The Bertz CT molecular complexity index is 1390. The van der Waals surface area contributed by atoms with Crippen LogP contribution in [0.25, 0.3) is 17.2 Å². The van der Waals surface area contributed by atoms with Crippen LogP contribution in [0.15, 0.2) is 64.8 Å². The first-order valence-electron chi connectivity index (χ1n) is 9.50. The molecule has 0 atom stereocenters. The summed E-state index contributed by atoms with van der Waals surface area (Å²) in [5, 5.41) is 32.0. The lowest BCUT2D eigenvalue weighted by molar-refractivity contribution is -0.210. The van der Waals surface area contributed by atoms with Gasteiger partial charge in [-0.15, -0.1) is 10.2 Å². The van der Waals surface area contributed by atoms with Crippen LogP contribution in [0, 0.1) is 12.3 Å². The van der Waals surface area contributed by atoms with E-state index >= 15 is 0 Å². The second-order valence-corrected chi connectivity index (χ2v) is 7.60. The number of nitrogens with one attached hydrogen (secondary N) is 2. The lowest BCUT2D eigenvalue weighted by Gasteiger charge is -2.12. The summed E-state index contributed by atoms with van der Waals surface area (Å²) in [5.41, 5.74) is 11.0. The first-order chi connectivity index (χ1) is 15.8. The topological polar surface area (TPSA) is 153 Å². The number of amidine groups is 1. The van der Waals surface area contributed by atoms with Crippen LogP contribution in [0.2, 0.25) is 10.0 Å². The average Bonchev–Trinajstić information content (AvgIpc) is 3.21. The third-order valence-corrected chi connectivity index (χ3v) is 5.18. The molecule has 0 radical (unpaired) electrons. The Balaban J connectivity index is 1.61. The Morgan fingerprint density at radius 3 is 2.48 bits per heavy atom. The summed E-state index contributed by atoms with van der Waals surface area (Å²) in [6.07, 6.45) is 1.46. The van der Waals surface area contributed by atoms with E-state index in [1.165, 1.54) is 6.20 Å². The quantitative estimate of drug-likeness (QED) is 0.218. The zero-order valence-electron chi connectivity index (χ0n) is 17.1. The maximum absolute atomic E-state index is 11.8. The normalized spacial score (nSPS) is 12.2. The Morgan fingerprint density at radius 1 is 1.09 bits per heavy atom. The van der Waals surface area contributed by atoms with Gasteiger partial charge in [0.25, 0.3) is 0 Å². The minimum atomic E-state index is -1.14. The molecule has 12 heteroatoms. The van der Waals surface area contributed by atoms with Crippen LogP contribution in [0.5, 0.6) is 0 Å². The molecule has 0 aliphatic heterocycles. The summed E-state index contributed by atoms with van der Waals surface area (Å²) in [6.45, 7) is 1.95. The number of hydrazone groups is 1. The van der Waals surface area contributed by atoms with Gasteiger partial charge in [-0.1, -0.05) is 35.3 Å². The maximum atomic E-state index is 11.8. The van der Waals surface area contributed by atoms with E-state index in [2.05, 4.69) is 30.7 Å². The maximum Gasteiger partial charge on any atom is 0.187 e. The summed E-state index contributed by atoms with van der Waals surface area (Å²) < 4.78 is 1.88. The van der Waals surface area contributed by atoms with Gasteiger partial charge >= 0.3 is 0 Å².